The zero-order valence-electron chi connectivity index (χ0n) is 11.8. The van der Waals surface area contributed by atoms with Crippen molar-refractivity contribution < 1.29 is 14.4 Å². The second kappa shape index (κ2) is 5.03. The third-order valence-electron chi connectivity index (χ3n) is 4.21. The van der Waals surface area contributed by atoms with Crippen LogP contribution >= 0.6 is 15.9 Å². The Kier molecular flexibility index (Phi) is 3.09. The number of halogens is 1. The molecule has 3 amide bonds. The van der Waals surface area contributed by atoms with Gasteiger partial charge in [-0.1, -0.05) is 40.2 Å². The fraction of sp³-hybridized carbons (Fsp3) is 0.118. The second-order valence-corrected chi connectivity index (χ2v) is 6.42. The lowest BCUT2D eigenvalue weighted by atomic mass is 9.90. The number of nitrogens with zero attached hydrogens (tertiary/aromatic N) is 1. The van der Waals surface area contributed by atoms with Gasteiger partial charge >= 0.3 is 0 Å². The Morgan fingerprint density at radius 3 is 1.96 bits per heavy atom. The van der Waals surface area contributed by atoms with E-state index in [1.807, 2.05) is 24.3 Å². The summed E-state index contributed by atoms with van der Waals surface area (Å²) in [4.78, 5) is 38.2. The van der Waals surface area contributed by atoms with Crippen molar-refractivity contribution in [3.63, 3.8) is 0 Å². The second-order valence-electron chi connectivity index (χ2n) is 5.51. The zero-order chi connectivity index (χ0) is 16.1. The van der Waals surface area contributed by atoms with Crippen molar-refractivity contribution in [2.24, 2.45) is 0 Å². The Hall–Kier alpha value is -2.47. The molecule has 4 rings (SSSR count). The molecule has 0 aliphatic carbocycles. The maximum Gasteiger partial charge on any atom is 0.262 e. The van der Waals surface area contributed by atoms with E-state index in [1.54, 1.807) is 24.3 Å². The highest BCUT2D eigenvalue weighted by Gasteiger charge is 2.52. The van der Waals surface area contributed by atoms with Crippen LogP contribution in [0.2, 0.25) is 0 Å². The first-order valence-electron chi connectivity index (χ1n) is 7.10. The van der Waals surface area contributed by atoms with E-state index >= 15 is 0 Å². The minimum Gasteiger partial charge on any atom is -0.345 e. The average molecular weight is 371 g/mol. The van der Waals surface area contributed by atoms with Crippen LogP contribution in [-0.2, 0) is 4.79 Å². The summed E-state index contributed by atoms with van der Waals surface area (Å²) >= 11 is 3.36. The van der Waals surface area contributed by atoms with Gasteiger partial charge in [0, 0.05) is 4.47 Å². The maximum absolute atomic E-state index is 12.5. The predicted molar refractivity (Wildman–Crippen MR) is 85.8 cm³/mol. The molecule has 23 heavy (non-hydrogen) atoms. The average Bonchev–Trinajstić information content (AvgIpc) is 2.79. The smallest absolute Gasteiger partial charge is 0.262 e. The number of amides is 3. The number of benzene rings is 2. The molecule has 2 atom stereocenters. The number of β-lactam (4-membered cyclic amide) rings is 1. The number of nitrogens with one attached hydrogen (secondary N) is 1. The van der Waals surface area contributed by atoms with Crippen molar-refractivity contribution >= 4 is 33.7 Å². The summed E-state index contributed by atoms with van der Waals surface area (Å²) in [5.41, 5.74) is 1.56. The van der Waals surface area contributed by atoms with Gasteiger partial charge in [-0.2, -0.15) is 0 Å². The minimum absolute atomic E-state index is 0.313. The van der Waals surface area contributed by atoms with Crippen LogP contribution in [0.3, 0.4) is 0 Å². The van der Waals surface area contributed by atoms with Gasteiger partial charge in [-0.15, -0.1) is 0 Å². The van der Waals surface area contributed by atoms with Crippen molar-refractivity contribution in [2.75, 3.05) is 0 Å². The highest BCUT2D eigenvalue weighted by atomic mass is 79.9. The summed E-state index contributed by atoms with van der Waals surface area (Å²) in [6, 6.07) is 12.9. The van der Waals surface area contributed by atoms with Crippen molar-refractivity contribution in [3.8, 4) is 0 Å². The van der Waals surface area contributed by atoms with E-state index < -0.39 is 17.9 Å². The maximum atomic E-state index is 12.5. The van der Waals surface area contributed by atoms with Gasteiger partial charge < -0.3 is 5.32 Å². The lowest BCUT2D eigenvalue weighted by molar-refractivity contribution is -0.135. The highest BCUT2D eigenvalue weighted by molar-refractivity contribution is 9.10. The molecule has 6 heteroatoms. The molecule has 2 unspecified atom stereocenters. The Balaban J connectivity index is 1.70. The molecule has 2 aliphatic rings. The first-order valence-corrected chi connectivity index (χ1v) is 7.90. The largest absolute Gasteiger partial charge is 0.345 e. The summed E-state index contributed by atoms with van der Waals surface area (Å²) in [6.07, 6.45) is 0. The van der Waals surface area contributed by atoms with Gasteiger partial charge in [0.1, 0.15) is 6.04 Å². The summed E-state index contributed by atoms with van der Waals surface area (Å²) in [5, 5.41) is 2.77. The standard InChI is InChI=1S/C17H11BrN2O3/c18-10-7-5-9(6-8-10)13-14(15(21)19-13)20-16(22)11-3-1-2-4-12(11)17(20)23/h1-8,13-14H,(H,19,21). The third kappa shape index (κ3) is 2.02. The van der Waals surface area contributed by atoms with Crippen LogP contribution in [0.15, 0.2) is 53.0 Å². The van der Waals surface area contributed by atoms with Crippen LogP contribution in [0, 0.1) is 0 Å². The lowest BCUT2D eigenvalue weighted by Crippen LogP contribution is -2.65. The molecule has 2 aromatic rings. The number of rotatable bonds is 2. The van der Waals surface area contributed by atoms with Crippen LogP contribution < -0.4 is 5.32 Å². The number of hydrogen-bond donors (Lipinski definition) is 1. The van der Waals surface area contributed by atoms with Crippen LogP contribution in [0.1, 0.15) is 32.3 Å². The van der Waals surface area contributed by atoms with Crippen molar-refractivity contribution in [2.45, 2.75) is 12.1 Å². The Morgan fingerprint density at radius 2 is 1.43 bits per heavy atom. The predicted octanol–water partition coefficient (Wildman–Crippen LogP) is 2.28. The molecular formula is C17H11BrN2O3. The van der Waals surface area contributed by atoms with E-state index in [1.165, 1.54) is 0 Å². The minimum atomic E-state index is -0.802. The first kappa shape index (κ1) is 14.1. The van der Waals surface area contributed by atoms with E-state index in [9.17, 15) is 14.4 Å². The molecule has 114 valence electrons. The molecular weight excluding hydrogens is 360 g/mol. The molecule has 1 fully saturated rings. The van der Waals surface area contributed by atoms with Crippen LogP contribution in [-0.4, -0.2) is 28.7 Å². The van der Waals surface area contributed by atoms with Gasteiger partial charge in [-0.3, -0.25) is 19.3 Å². The number of carbonyl (C=O) groups excluding carboxylic acids is 3. The third-order valence-corrected chi connectivity index (χ3v) is 4.74. The number of fused-ring (bicyclic) bond motifs is 1. The highest BCUT2D eigenvalue weighted by Crippen LogP contribution is 2.34. The number of carbonyl (C=O) groups is 3. The number of imide groups is 1. The van der Waals surface area contributed by atoms with E-state index in [2.05, 4.69) is 21.2 Å². The van der Waals surface area contributed by atoms with E-state index in [0.717, 1.165) is 14.9 Å². The van der Waals surface area contributed by atoms with Gasteiger partial charge in [0.25, 0.3) is 11.8 Å². The summed E-state index contributed by atoms with van der Waals surface area (Å²) in [6.45, 7) is 0. The molecule has 2 heterocycles. The fourth-order valence-corrected chi connectivity index (χ4v) is 3.30. The molecule has 0 spiro atoms. The van der Waals surface area contributed by atoms with Crippen molar-refractivity contribution in [3.05, 3.63) is 69.7 Å². The van der Waals surface area contributed by atoms with E-state index in [4.69, 9.17) is 0 Å². The fourth-order valence-electron chi connectivity index (χ4n) is 3.04. The van der Waals surface area contributed by atoms with E-state index in [-0.39, 0.29) is 11.9 Å². The topological polar surface area (TPSA) is 66.5 Å². The lowest BCUT2D eigenvalue weighted by Gasteiger charge is -2.41. The molecule has 0 bridgehead atoms. The van der Waals surface area contributed by atoms with E-state index in [0.29, 0.717) is 11.1 Å². The van der Waals surface area contributed by atoms with Gasteiger partial charge in [-0.05, 0) is 29.8 Å². The first-order chi connectivity index (χ1) is 11.1. The molecule has 0 aromatic heterocycles. The summed E-state index contributed by atoms with van der Waals surface area (Å²) < 4.78 is 0.921. The van der Waals surface area contributed by atoms with Crippen molar-refractivity contribution in [1.29, 1.82) is 0 Å². The van der Waals surface area contributed by atoms with Gasteiger partial charge in [0.05, 0.1) is 17.2 Å². The molecule has 1 N–H and O–H groups in total. The van der Waals surface area contributed by atoms with Crippen LogP contribution in [0.25, 0.3) is 0 Å². The normalized spacial score (nSPS) is 22.7. The molecule has 5 nitrogen and oxygen atoms in total. The van der Waals surface area contributed by atoms with Gasteiger partial charge in [0.2, 0.25) is 5.91 Å². The molecule has 2 aromatic carbocycles. The molecule has 0 radical (unpaired) electrons. The Labute approximate surface area is 140 Å². The SMILES string of the molecule is O=C1NC(c2ccc(Br)cc2)C1N1C(=O)c2ccccc2C1=O. The van der Waals surface area contributed by atoms with Crippen LogP contribution in [0.5, 0.6) is 0 Å². The quantitative estimate of drug-likeness (QED) is 0.651. The Morgan fingerprint density at radius 1 is 0.870 bits per heavy atom. The molecule has 0 saturated carbocycles. The van der Waals surface area contributed by atoms with Gasteiger partial charge in [-0.25, -0.2) is 0 Å². The number of hydrogen-bond acceptors (Lipinski definition) is 3. The monoisotopic (exact) mass is 370 g/mol. The molecule has 1 saturated heterocycles. The van der Waals surface area contributed by atoms with Crippen LogP contribution in [0.4, 0.5) is 0 Å². The molecule has 2 aliphatic heterocycles. The Bertz CT molecular complexity index is 812. The van der Waals surface area contributed by atoms with Crippen molar-refractivity contribution in [1.82, 2.24) is 10.2 Å². The van der Waals surface area contributed by atoms with Gasteiger partial charge in [0.15, 0.2) is 0 Å². The summed E-state index contributed by atoms with van der Waals surface area (Å²) in [7, 11) is 0. The zero-order valence-corrected chi connectivity index (χ0v) is 13.4. The summed E-state index contributed by atoms with van der Waals surface area (Å²) in [5.74, 6) is -1.13.